The third-order valence-electron chi connectivity index (χ3n) is 5.01. The van der Waals surface area contributed by atoms with Crippen LogP contribution in [0.25, 0.3) is 0 Å². The van der Waals surface area contributed by atoms with Crippen LogP contribution in [0.1, 0.15) is 29.7 Å². The van der Waals surface area contributed by atoms with Gasteiger partial charge in [0, 0.05) is 70.0 Å². The SMILES string of the molecule is CCn1ccnc1CN1CCN(Cc2c(C)nn(C)c2C)CC1. The Morgan fingerprint density at radius 1 is 1.04 bits per heavy atom. The number of aromatic nitrogens is 4. The Morgan fingerprint density at radius 3 is 2.26 bits per heavy atom. The first-order chi connectivity index (χ1) is 11.1. The first-order valence-corrected chi connectivity index (χ1v) is 8.52. The highest BCUT2D eigenvalue weighted by molar-refractivity contribution is 5.24. The van der Waals surface area contributed by atoms with Gasteiger partial charge < -0.3 is 4.57 Å². The van der Waals surface area contributed by atoms with Crippen molar-refractivity contribution in [1.82, 2.24) is 29.1 Å². The molecule has 1 aliphatic heterocycles. The lowest BCUT2D eigenvalue weighted by Gasteiger charge is -2.34. The Bertz CT molecular complexity index is 648. The number of aryl methyl sites for hydroxylation is 3. The molecule has 2 aromatic rings. The quantitative estimate of drug-likeness (QED) is 0.840. The van der Waals surface area contributed by atoms with Crippen LogP contribution in [0.3, 0.4) is 0 Å². The van der Waals surface area contributed by atoms with E-state index in [1.165, 1.54) is 17.1 Å². The van der Waals surface area contributed by atoms with Gasteiger partial charge in [0.1, 0.15) is 5.82 Å². The van der Waals surface area contributed by atoms with Crippen molar-refractivity contribution in [3.8, 4) is 0 Å². The van der Waals surface area contributed by atoms with E-state index in [0.717, 1.165) is 51.5 Å². The van der Waals surface area contributed by atoms with Gasteiger partial charge in [-0.3, -0.25) is 14.5 Å². The monoisotopic (exact) mass is 316 g/mol. The summed E-state index contributed by atoms with van der Waals surface area (Å²) in [6.45, 7) is 13.9. The van der Waals surface area contributed by atoms with E-state index in [-0.39, 0.29) is 0 Å². The molecular weight excluding hydrogens is 288 g/mol. The normalized spacial score (nSPS) is 17.0. The summed E-state index contributed by atoms with van der Waals surface area (Å²) in [5.74, 6) is 1.18. The molecule has 0 spiro atoms. The summed E-state index contributed by atoms with van der Waals surface area (Å²) in [7, 11) is 2.03. The molecule has 0 amide bonds. The van der Waals surface area contributed by atoms with Crippen molar-refractivity contribution >= 4 is 0 Å². The zero-order valence-electron chi connectivity index (χ0n) is 14.8. The number of hydrogen-bond donors (Lipinski definition) is 0. The molecule has 0 unspecified atom stereocenters. The van der Waals surface area contributed by atoms with Gasteiger partial charge in [-0.1, -0.05) is 0 Å². The maximum atomic E-state index is 4.53. The number of piperazine rings is 1. The molecule has 6 heteroatoms. The Balaban J connectivity index is 1.54. The summed E-state index contributed by atoms with van der Waals surface area (Å²) in [6, 6.07) is 0. The van der Waals surface area contributed by atoms with Crippen LogP contribution in [0.5, 0.6) is 0 Å². The number of rotatable bonds is 5. The van der Waals surface area contributed by atoms with Gasteiger partial charge in [-0.05, 0) is 20.8 Å². The minimum absolute atomic E-state index is 0.958. The first kappa shape index (κ1) is 16.2. The van der Waals surface area contributed by atoms with E-state index >= 15 is 0 Å². The maximum Gasteiger partial charge on any atom is 0.122 e. The standard InChI is InChI=1S/C17H28N6/c1-5-23-7-6-18-17(23)13-22-10-8-21(9-11-22)12-16-14(2)19-20(4)15(16)3/h6-7H,5,8-13H2,1-4H3. The summed E-state index contributed by atoms with van der Waals surface area (Å²) in [4.78, 5) is 9.54. The van der Waals surface area contributed by atoms with Crippen LogP contribution < -0.4 is 0 Å². The van der Waals surface area contributed by atoms with Gasteiger partial charge in [0.05, 0.1) is 12.2 Å². The summed E-state index contributed by atoms with van der Waals surface area (Å²) in [5.41, 5.74) is 3.84. The zero-order chi connectivity index (χ0) is 16.4. The van der Waals surface area contributed by atoms with Crippen LogP contribution in [-0.2, 0) is 26.7 Å². The molecule has 0 aliphatic carbocycles. The summed E-state index contributed by atoms with van der Waals surface area (Å²) in [6.07, 6.45) is 3.97. The highest BCUT2D eigenvalue weighted by Gasteiger charge is 2.20. The highest BCUT2D eigenvalue weighted by Crippen LogP contribution is 2.16. The molecule has 1 fully saturated rings. The van der Waals surface area contributed by atoms with Gasteiger partial charge in [0.25, 0.3) is 0 Å². The fourth-order valence-corrected chi connectivity index (χ4v) is 3.36. The van der Waals surface area contributed by atoms with Gasteiger partial charge in [-0.2, -0.15) is 5.10 Å². The van der Waals surface area contributed by atoms with Crippen molar-refractivity contribution in [1.29, 1.82) is 0 Å². The summed E-state index contributed by atoms with van der Waals surface area (Å²) < 4.78 is 4.22. The lowest BCUT2D eigenvalue weighted by molar-refractivity contribution is 0.118. The van der Waals surface area contributed by atoms with Crippen molar-refractivity contribution < 1.29 is 0 Å². The minimum Gasteiger partial charge on any atom is -0.334 e. The number of imidazole rings is 1. The van der Waals surface area contributed by atoms with Crippen molar-refractivity contribution in [2.45, 2.75) is 40.4 Å². The molecule has 0 bridgehead atoms. The minimum atomic E-state index is 0.958. The van der Waals surface area contributed by atoms with Crippen LogP contribution in [0.15, 0.2) is 12.4 Å². The molecular formula is C17H28N6. The topological polar surface area (TPSA) is 42.1 Å². The van der Waals surface area contributed by atoms with Crippen LogP contribution in [0, 0.1) is 13.8 Å². The lowest BCUT2D eigenvalue weighted by Crippen LogP contribution is -2.45. The molecule has 0 aromatic carbocycles. The maximum absolute atomic E-state index is 4.53. The fourth-order valence-electron chi connectivity index (χ4n) is 3.36. The summed E-state index contributed by atoms with van der Waals surface area (Å²) >= 11 is 0. The van der Waals surface area contributed by atoms with Crippen molar-refractivity contribution in [2.24, 2.45) is 7.05 Å². The molecule has 126 valence electrons. The Morgan fingerprint density at radius 2 is 1.70 bits per heavy atom. The largest absolute Gasteiger partial charge is 0.334 e. The van der Waals surface area contributed by atoms with Crippen LogP contribution in [0.2, 0.25) is 0 Å². The molecule has 2 aromatic heterocycles. The van der Waals surface area contributed by atoms with E-state index in [1.54, 1.807) is 0 Å². The zero-order valence-corrected chi connectivity index (χ0v) is 14.8. The van der Waals surface area contributed by atoms with Gasteiger partial charge in [0.15, 0.2) is 0 Å². The predicted molar refractivity (Wildman–Crippen MR) is 91.1 cm³/mol. The average Bonchev–Trinajstić information content (AvgIpc) is 3.08. The smallest absolute Gasteiger partial charge is 0.122 e. The van der Waals surface area contributed by atoms with Gasteiger partial charge in [-0.25, -0.2) is 4.98 Å². The second-order valence-corrected chi connectivity index (χ2v) is 6.45. The second-order valence-electron chi connectivity index (χ2n) is 6.45. The Kier molecular flexibility index (Phi) is 4.82. The molecule has 0 saturated carbocycles. The van der Waals surface area contributed by atoms with E-state index in [2.05, 4.69) is 51.4 Å². The van der Waals surface area contributed by atoms with Gasteiger partial charge in [0.2, 0.25) is 0 Å². The average molecular weight is 316 g/mol. The number of hydrogen-bond acceptors (Lipinski definition) is 4. The van der Waals surface area contributed by atoms with E-state index in [0.29, 0.717) is 0 Å². The van der Waals surface area contributed by atoms with Crippen molar-refractivity contribution in [3.63, 3.8) is 0 Å². The van der Waals surface area contributed by atoms with Crippen molar-refractivity contribution in [3.05, 3.63) is 35.2 Å². The molecule has 3 heterocycles. The Labute approximate surface area is 138 Å². The third kappa shape index (κ3) is 3.48. The van der Waals surface area contributed by atoms with Gasteiger partial charge in [-0.15, -0.1) is 0 Å². The molecule has 0 radical (unpaired) electrons. The van der Waals surface area contributed by atoms with Crippen LogP contribution in [-0.4, -0.2) is 55.3 Å². The highest BCUT2D eigenvalue weighted by atomic mass is 15.3. The van der Waals surface area contributed by atoms with E-state index in [9.17, 15) is 0 Å². The number of nitrogens with zero attached hydrogens (tertiary/aromatic N) is 6. The van der Waals surface area contributed by atoms with Crippen LogP contribution >= 0.6 is 0 Å². The second kappa shape index (κ2) is 6.84. The first-order valence-electron chi connectivity index (χ1n) is 8.52. The molecule has 1 saturated heterocycles. The molecule has 23 heavy (non-hydrogen) atoms. The van der Waals surface area contributed by atoms with Crippen molar-refractivity contribution in [2.75, 3.05) is 26.2 Å². The van der Waals surface area contributed by atoms with Crippen LogP contribution in [0.4, 0.5) is 0 Å². The third-order valence-corrected chi connectivity index (χ3v) is 5.01. The van der Waals surface area contributed by atoms with Gasteiger partial charge >= 0.3 is 0 Å². The fraction of sp³-hybridized carbons (Fsp3) is 0.647. The molecule has 0 N–H and O–H groups in total. The Hall–Kier alpha value is -1.66. The summed E-state index contributed by atoms with van der Waals surface area (Å²) in [5, 5.41) is 4.53. The predicted octanol–water partition coefficient (Wildman–Crippen LogP) is 1.57. The van der Waals surface area contributed by atoms with E-state index in [4.69, 9.17) is 0 Å². The lowest BCUT2D eigenvalue weighted by atomic mass is 10.1. The van der Waals surface area contributed by atoms with E-state index in [1.807, 2.05) is 17.9 Å². The molecule has 3 rings (SSSR count). The molecule has 1 aliphatic rings. The van der Waals surface area contributed by atoms with E-state index < -0.39 is 0 Å². The molecule has 6 nitrogen and oxygen atoms in total. The molecule has 0 atom stereocenters.